The molecule has 1 saturated heterocycles. The van der Waals surface area contributed by atoms with Gasteiger partial charge in [0.25, 0.3) is 0 Å². The molecule has 0 bridgehead atoms. The van der Waals surface area contributed by atoms with Crippen molar-refractivity contribution in [1.82, 2.24) is 10.6 Å². The summed E-state index contributed by atoms with van der Waals surface area (Å²) in [6.45, 7) is 0.972. The molecule has 102 valence electrons. The van der Waals surface area contributed by atoms with Crippen LogP contribution in [0.5, 0.6) is 0 Å². The number of carbonyl (C=O) groups excluding carboxylic acids is 1. The van der Waals surface area contributed by atoms with Crippen LogP contribution >= 0.6 is 0 Å². The third kappa shape index (κ3) is 2.81. The highest BCUT2D eigenvalue weighted by Gasteiger charge is 2.26. The molecule has 1 aromatic carbocycles. The fourth-order valence-corrected chi connectivity index (χ4v) is 3.25. The van der Waals surface area contributed by atoms with Crippen molar-refractivity contribution in [2.45, 2.75) is 50.6 Å². The summed E-state index contributed by atoms with van der Waals surface area (Å²) in [6, 6.07) is 8.73. The first kappa shape index (κ1) is 12.7. The quantitative estimate of drug-likeness (QED) is 0.855. The lowest BCUT2D eigenvalue weighted by atomic mass is 9.87. The highest BCUT2D eigenvalue weighted by atomic mass is 16.2. The Morgan fingerprint density at radius 1 is 1.16 bits per heavy atom. The summed E-state index contributed by atoms with van der Waals surface area (Å²) in [5.74, 6) is 0.182. The van der Waals surface area contributed by atoms with Crippen LogP contribution in [-0.4, -0.2) is 18.5 Å². The molecule has 2 atom stereocenters. The largest absolute Gasteiger partial charge is 0.348 e. The summed E-state index contributed by atoms with van der Waals surface area (Å²) in [4.78, 5) is 12.3. The zero-order valence-corrected chi connectivity index (χ0v) is 11.3. The molecule has 0 aromatic heterocycles. The van der Waals surface area contributed by atoms with Crippen LogP contribution in [0.15, 0.2) is 24.3 Å². The van der Waals surface area contributed by atoms with E-state index in [2.05, 4.69) is 34.9 Å². The standard InChI is InChI=1S/C16H22N2O/c19-16(15-9-3-4-11-17-15)18-14-10-5-7-12-6-1-2-8-13(12)14/h1-2,6,8,14-15,17H,3-5,7,9-11H2,(H,18,19). The van der Waals surface area contributed by atoms with Gasteiger partial charge >= 0.3 is 0 Å². The molecule has 0 saturated carbocycles. The van der Waals surface area contributed by atoms with Crippen molar-refractivity contribution in [1.29, 1.82) is 0 Å². The number of carbonyl (C=O) groups is 1. The Labute approximate surface area is 114 Å². The van der Waals surface area contributed by atoms with E-state index in [1.54, 1.807) is 0 Å². The molecule has 1 fully saturated rings. The van der Waals surface area contributed by atoms with E-state index >= 15 is 0 Å². The van der Waals surface area contributed by atoms with E-state index in [4.69, 9.17) is 0 Å². The van der Waals surface area contributed by atoms with E-state index in [-0.39, 0.29) is 18.0 Å². The first-order chi connectivity index (χ1) is 9.34. The lowest BCUT2D eigenvalue weighted by molar-refractivity contribution is -0.124. The maximum absolute atomic E-state index is 12.3. The molecular weight excluding hydrogens is 236 g/mol. The van der Waals surface area contributed by atoms with Crippen molar-refractivity contribution in [3.8, 4) is 0 Å². The van der Waals surface area contributed by atoms with Crippen LogP contribution < -0.4 is 10.6 Å². The number of nitrogens with one attached hydrogen (secondary N) is 2. The second-order valence-electron chi connectivity index (χ2n) is 5.65. The summed E-state index contributed by atoms with van der Waals surface area (Å²) < 4.78 is 0. The molecule has 1 aliphatic heterocycles. The molecule has 3 nitrogen and oxygen atoms in total. The van der Waals surface area contributed by atoms with Gasteiger partial charge in [0, 0.05) is 0 Å². The smallest absolute Gasteiger partial charge is 0.237 e. The number of hydrogen-bond donors (Lipinski definition) is 2. The minimum absolute atomic E-state index is 0.0165. The lowest BCUT2D eigenvalue weighted by Crippen LogP contribution is -2.47. The van der Waals surface area contributed by atoms with E-state index in [1.165, 1.54) is 24.0 Å². The molecule has 0 radical (unpaired) electrons. The minimum Gasteiger partial charge on any atom is -0.348 e. The maximum Gasteiger partial charge on any atom is 0.237 e. The molecule has 2 aliphatic rings. The molecule has 0 spiro atoms. The third-order valence-corrected chi connectivity index (χ3v) is 4.31. The van der Waals surface area contributed by atoms with Crippen LogP contribution in [0.4, 0.5) is 0 Å². The van der Waals surface area contributed by atoms with Gasteiger partial charge in [0.2, 0.25) is 5.91 Å². The van der Waals surface area contributed by atoms with E-state index in [0.29, 0.717) is 0 Å². The average molecular weight is 258 g/mol. The van der Waals surface area contributed by atoms with Crippen LogP contribution in [-0.2, 0) is 11.2 Å². The average Bonchev–Trinajstić information content (AvgIpc) is 2.48. The number of fused-ring (bicyclic) bond motifs is 1. The Morgan fingerprint density at radius 2 is 2.05 bits per heavy atom. The zero-order chi connectivity index (χ0) is 13.1. The van der Waals surface area contributed by atoms with Crippen molar-refractivity contribution in [3.05, 3.63) is 35.4 Å². The van der Waals surface area contributed by atoms with Crippen LogP contribution in [0.1, 0.15) is 49.3 Å². The van der Waals surface area contributed by atoms with Gasteiger partial charge in [-0.3, -0.25) is 4.79 Å². The van der Waals surface area contributed by atoms with Crippen LogP contribution in [0, 0.1) is 0 Å². The van der Waals surface area contributed by atoms with Gasteiger partial charge in [-0.2, -0.15) is 0 Å². The highest BCUT2D eigenvalue weighted by molar-refractivity contribution is 5.82. The number of benzene rings is 1. The fourth-order valence-electron chi connectivity index (χ4n) is 3.25. The van der Waals surface area contributed by atoms with E-state index in [1.807, 2.05) is 0 Å². The van der Waals surface area contributed by atoms with Crippen molar-refractivity contribution in [2.75, 3.05) is 6.54 Å². The normalized spacial score (nSPS) is 26.5. The zero-order valence-electron chi connectivity index (χ0n) is 11.3. The van der Waals surface area contributed by atoms with Gasteiger partial charge in [0.15, 0.2) is 0 Å². The van der Waals surface area contributed by atoms with E-state index in [9.17, 15) is 4.79 Å². The second-order valence-corrected chi connectivity index (χ2v) is 5.65. The van der Waals surface area contributed by atoms with Gasteiger partial charge in [0.05, 0.1) is 12.1 Å². The van der Waals surface area contributed by atoms with Gasteiger partial charge in [-0.05, 0) is 49.8 Å². The molecule has 1 aromatic rings. The van der Waals surface area contributed by atoms with Crippen LogP contribution in [0.2, 0.25) is 0 Å². The number of hydrogen-bond acceptors (Lipinski definition) is 2. The summed E-state index contributed by atoms with van der Waals surface area (Å²) in [5.41, 5.74) is 2.72. The topological polar surface area (TPSA) is 41.1 Å². The van der Waals surface area contributed by atoms with E-state index < -0.39 is 0 Å². The monoisotopic (exact) mass is 258 g/mol. The van der Waals surface area contributed by atoms with Gasteiger partial charge in [0.1, 0.15) is 0 Å². The molecule has 19 heavy (non-hydrogen) atoms. The summed E-state index contributed by atoms with van der Waals surface area (Å²) in [7, 11) is 0. The van der Waals surface area contributed by atoms with Crippen LogP contribution in [0.3, 0.4) is 0 Å². The lowest BCUT2D eigenvalue weighted by Gasteiger charge is -2.29. The van der Waals surface area contributed by atoms with Crippen molar-refractivity contribution < 1.29 is 4.79 Å². The number of piperidine rings is 1. The summed E-state index contributed by atoms with van der Waals surface area (Å²) in [5, 5.41) is 6.56. The molecule has 1 heterocycles. The maximum atomic E-state index is 12.3. The Morgan fingerprint density at radius 3 is 2.89 bits per heavy atom. The Bertz CT molecular complexity index is 452. The second kappa shape index (κ2) is 5.74. The predicted molar refractivity (Wildman–Crippen MR) is 75.9 cm³/mol. The van der Waals surface area contributed by atoms with E-state index in [0.717, 1.165) is 32.2 Å². The van der Waals surface area contributed by atoms with Crippen LogP contribution in [0.25, 0.3) is 0 Å². The minimum atomic E-state index is 0.0165. The molecule has 2 N–H and O–H groups in total. The number of aryl methyl sites for hydroxylation is 1. The molecule has 3 rings (SSSR count). The molecule has 2 unspecified atom stereocenters. The number of rotatable bonds is 2. The van der Waals surface area contributed by atoms with Crippen molar-refractivity contribution >= 4 is 5.91 Å². The fraction of sp³-hybridized carbons (Fsp3) is 0.562. The predicted octanol–water partition coefficient (Wildman–Crippen LogP) is 2.32. The van der Waals surface area contributed by atoms with Gasteiger partial charge < -0.3 is 10.6 Å². The molecule has 3 heteroatoms. The highest BCUT2D eigenvalue weighted by Crippen LogP contribution is 2.29. The third-order valence-electron chi connectivity index (χ3n) is 4.31. The summed E-state index contributed by atoms with van der Waals surface area (Å²) >= 11 is 0. The first-order valence-electron chi connectivity index (χ1n) is 7.46. The molecule has 1 amide bonds. The Balaban J connectivity index is 1.68. The summed E-state index contributed by atoms with van der Waals surface area (Å²) in [6.07, 6.45) is 6.70. The molecule has 1 aliphatic carbocycles. The Kier molecular flexibility index (Phi) is 3.83. The molecular formula is C16H22N2O. The van der Waals surface area contributed by atoms with Crippen molar-refractivity contribution in [3.63, 3.8) is 0 Å². The van der Waals surface area contributed by atoms with Gasteiger partial charge in [-0.1, -0.05) is 30.7 Å². The first-order valence-corrected chi connectivity index (χ1v) is 7.46. The SMILES string of the molecule is O=C(NC1CCCc2ccccc21)C1CCCCN1. The van der Waals surface area contributed by atoms with Gasteiger partial charge in [-0.25, -0.2) is 0 Å². The van der Waals surface area contributed by atoms with Crippen molar-refractivity contribution in [2.24, 2.45) is 0 Å². The number of amides is 1. The Hall–Kier alpha value is -1.35. The van der Waals surface area contributed by atoms with Gasteiger partial charge in [-0.15, -0.1) is 0 Å².